The predicted molar refractivity (Wildman–Crippen MR) is 91.6 cm³/mol. The number of carboxylic acid groups (broad SMARTS) is 1. The van der Waals surface area contributed by atoms with Crippen molar-refractivity contribution in [2.75, 3.05) is 6.61 Å². The third-order valence-electron chi connectivity index (χ3n) is 3.06. The van der Waals surface area contributed by atoms with E-state index in [2.05, 4.69) is 0 Å². The number of nitrogens with zero attached hydrogens (tertiary/aromatic N) is 1. The molecule has 0 saturated heterocycles. The van der Waals surface area contributed by atoms with E-state index in [1.54, 1.807) is 6.92 Å². The molecule has 1 N–H and O–H groups in total. The number of halogens is 1. The Morgan fingerprint density at radius 2 is 1.92 bits per heavy atom. The third-order valence-corrected chi connectivity index (χ3v) is 4.43. The zero-order valence-corrected chi connectivity index (χ0v) is 14.5. The van der Waals surface area contributed by atoms with Crippen LogP contribution in [0, 0.1) is 10.1 Å². The molecule has 0 aromatic heterocycles. The second-order valence-electron chi connectivity index (χ2n) is 4.71. The minimum atomic E-state index is -1.20. The number of rotatable bonds is 6. The molecule has 2 aromatic rings. The van der Waals surface area contributed by atoms with Crippen molar-refractivity contribution in [3.05, 3.63) is 62.7 Å². The normalized spacial score (nSPS) is 10.3. The Balaban J connectivity index is 2.45. The zero-order valence-electron chi connectivity index (χ0n) is 12.9. The molecule has 9 heteroatoms. The molecule has 0 fully saturated rings. The van der Waals surface area contributed by atoms with E-state index in [9.17, 15) is 24.8 Å². The van der Waals surface area contributed by atoms with Crippen LogP contribution in [0.3, 0.4) is 0 Å². The lowest BCUT2D eigenvalue weighted by Gasteiger charge is -2.08. The van der Waals surface area contributed by atoms with E-state index in [1.165, 1.54) is 30.3 Å². The molecule has 7 nitrogen and oxygen atoms in total. The van der Waals surface area contributed by atoms with Gasteiger partial charge in [-0.25, -0.2) is 9.59 Å². The van der Waals surface area contributed by atoms with Gasteiger partial charge >= 0.3 is 11.9 Å². The maximum Gasteiger partial charge on any atom is 0.338 e. The van der Waals surface area contributed by atoms with E-state index in [1.807, 2.05) is 0 Å². The highest BCUT2D eigenvalue weighted by Crippen LogP contribution is 2.37. The number of esters is 1. The Kier molecular flexibility index (Phi) is 6.00. The largest absolute Gasteiger partial charge is 0.478 e. The van der Waals surface area contributed by atoms with Gasteiger partial charge in [-0.05, 0) is 37.3 Å². The van der Waals surface area contributed by atoms with Crippen molar-refractivity contribution in [3.8, 4) is 0 Å². The van der Waals surface area contributed by atoms with Crippen molar-refractivity contribution in [1.82, 2.24) is 0 Å². The molecule has 2 aromatic carbocycles. The number of nitro groups is 1. The smallest absolute Gasteiger partial charge is 0.338 e. The molecule has 130 valence electrons. The summed E-state index contributed by atoms with van der Waals surface area (Å²) in [6, 6.07) is 8.12. The fourth-order valence-corrected chi connectivity index (χ4v) is 3.14. The van der Waals surface area contributed by atoms with Gasteiger partial charge in [0.15, 0.2) is 0 Å². The van der Waals surface area contributed by atoms with Gasteiger partial charge < -0.3 is 9.84 Å². The average molecular weight is 382 g/mol. The Labute approximate surface area is 151 Å². The first-order chi connectivity index (χ1) is 11.8. The fraction of sp³-hybridized carbons (Fsp3) is 0.125. The van der Waals surface area contributed by atoms with Crippen molar-refractivity contribution in [2.45, 2.75) is 16.7 Å². The fourth-order valence-electron chi connectivity index (χ4n) is 1.96. The maximum absolute atomic E-state index is 11.7. The van der Waals surface area contributed by atoms with E-state index >= 15 is 0 Å². The molecule has 0 radical (unpaired) electrons. The molecule has 25 heavy (non-hydrogen) atoms. The van der Waals surface area contributed by atoms with Crippen LogP contribution in [0.25, 0.3) is 0 Å². The number of nitro benzene ring substituents is 1. The quantitative estimate of drug-likeness (QED) is 0.452. The number of ether oxygens (including phenoxy) is 1. The highest BCUT2D eigenvalue weighted by atomic mass is 35.5. The summed E-state index contributed by atoms with van der Waals surface area (Å²) < 4.78 is 4.82. The molecule has 0 bridgehead atoms. The Bertz CT molecular complexity index is 855. The van der Waals surface area contributed by atoms with Crippen molar-refractivity contribution >= 4 is 41.0 Å². The van der Waals surface area contributed by atoms with Gasteiger partial charge in [0.2, 0.25) is 0 Å². The number of hydrogen-bond acceptors (Lipinski definition) is 6. The van der Waals surface area contributed by atoms with Crippen molar-refractivity contribution in [2.24, 2.45) is 0 Å². The average Bonchev–Trinajstić information content (AvgIpc) is 2.56. The summed E-state index contributed by atoms with van der Waals surface area (Å²) in [6.45, 7) is 1.78. The molecule has 0 atom stereocenters. The van der Waals surface area contributed by atoms with Gasteiger partial charge in [0.1, 0.15) is 0 Å². The zero-order chi connectivity index (χ0) is 18.6. The number of carbonyl (C=O) groups excluding carboxylic acids is 1. The minimum absolute atomic E-state index is 0.0486. The highest BCUT2D eigenvalue weighted by molar-refractivity contribution is 7.99. The topological polar surface area (TPSA) is 107 Å². The van der Waals surface area contributed by atoms with Crippen LogP contribution in [-0.2, 0) is 4.74 Å². The summed E-state index contributed by atoms with van der Waals surface area (Å²) >= 11 is 6.71. The number of hydrogen-bond donors (Lipinski definition) is 1. The first-order valence-corrected chi connectivity index (χ1v) is 8.19. The Hall–Kier alpha value is -2.58. The van der Waals surface area contributed by atoms with Crippen LogP contribution in [0.4, 0.5) is 5.69 Å². The first kappa shape index (κ1) is 18.8. The van der Waals surface area contributed by atoms with E-state index in [-0.39, 0.29) is 33.3 Å². The second kappa shape index (κ2) is 8.00. The van der Waals surface area contributed by atoms with Crippen LogP contribution < -0.4 is 0 Å². The van der Waals surface area contributed by atoms with Crippen molar-refractivity contribution < 1.29 is 24.4 Å². The van der Waals surface area contributed by atoms with Gasteiger partial charge in [-0.3, -0.25) is 10.1 Å². The third kappa shape index (κ3) is 4.49. The molecule has 0 aliphatic heterocycles. The summed E-state index contributed by atoms with van der Waals surface area (Å²) in [6.07, 6.45) is 0. The van der Waals surface area contributed by atoms with Gasteiger partial charge in [0, 0.05) is 16.0 Å². The van der Waals surface area contributed by atoms with Gasteiger partial charge in [-0.2, -0.15) is 0 Å². The molecule has 2 rings (SSSR count). The summed E-state index contributed by atoms with van der Waals surface area (Å²) in [7, 11) is 0. The van der Waals surface area contributed by atoms with Gasteiger partial charge in [0.05, 0.1) is 27.6 Å². The summed E-state index contributed by atoms with van der Waals surface area (Å²) in [5.74, 6) is -1.87. The molecular weight excluding hydrogens is 370 g/mol. The Morgan fingerprint density at radius 1 is 1.24 bits per heavy atom. The molecular formula is C16H12ClNO6S. The second-order valence-corrected chi connectivity index (χ2v) is 6.23. The summed E-state index contributed by atoms with van der Waals surface area (Å²) in [5, 5.41) is 20.8. The molecule has 0 spiro atoms. The van der Waals surface area contributed by atoms with E-state index in [0.29, 0.717) is 4.90 Å². The first-order valence-electron chi connectivity index (χ1n) is 6.99. The van der Waals surface area contributed by atoms with Crippen LogP contribution in [0.15, 0.2) is 46.2 Å². The van der Waals surface area contributed by atoms with Crippen LogP contribution in [-0.4, -0.2) is 28.6 Å². The summed E-state index contributed by atoms with van der Waals surface area (Å²) in [5.41, 5.74) is -0.337. The lowest BCUT2D eigenvalue weighted by atomic mass is 10.2. The van der Waals surface area contributed by atoms with Gasteiger partial charge in [-0.15, -0.1) is 0 Å². The predicted octanol–water partition coefficient (Wildman–Crippen LogP) is 4.27. The standard InChI is InChI=1S/C16H12ClNO6S/c1-2-24-16(21)9-3-5-14(12(7-9)18(22)23)25-13-6-4-10(17)8-11(13)15(19)20/h3-8H,2H2,1H3,(H,19,20). The molecule has 0 unspecified atom stereocenters. The molecule has 0 amide bonds. The van der Waals surface area contributed by atoms with Gasteiger partial charge in [0.25, 0.3) is 5.69 Å². The minimum Gasteiger partial charge on any atom is -0.478 e. The van der Waals surface area contributed by atoms with E-state index < -0.39 is 16.9 Å². The molecule has 0 aliphatic carbocycles. The number of benzene rings is 2. The van der Waals surface area contributed by atoms with Crippen molar-refractivity contribution in [1.29, 1.82) is 0 Å². The Morgan fingerprint density at radius 3 is 2.52 bits per heavy atom. The van der Waals surface area contributed by atoms with Crippen LogP contribution in [0.5, 0.6) is 0 Å². The van der Waals surface area contributed by atoms with E-state index in [0.717, 1.165) is 17.8 Å². The van der Waals surface area contributed by atoms with Crippen LogP contribution in [0.2, 0.25) is 5.02 Å². The molecule has 0 saturated carbocycles. The van der Waals surface area contributed by atoms with Gasteiger partial charge in [-0.1, -0.05) is 23.4 Å². The van der Waals surface area contributed by atoms with Crippen molar-refractivity contribution in [3.63, 3.8) is 0 Å². The van der Waals surface area contributed by atoms with Crippen LogP contribution >= 0.6 is 23.4 Å². The lowest BCUT2D eigenvalue weighted by molar-refractivity contribution is -0.387. The number of carbonyl (C=O) groups is 2. The maximum atomic E-state index is 11.7. The van der Waals surface area contributed by atoms with Crippen LogP contribution in [0.1, 0.15) is 27.6 Å². The number of aromatic carboxylic acids is 1. The monoisotopic (exact) mass is 381 g/mol. The lowest BCUT2D eigenvalue weighted by Crippen LogP contribution is -2.05. The summed E-state index contributed by atoms with van der Waals surface area (Å²) in [4.78, 5) is 34.2. The molecule has 0 heterocycles. The SMILES string of the molecule is CCOC(=O)c1ccc(Sc2ccc(Cl)cc2C(=O)O)c([N+](=O)[O-])c1. The molecule has 0 aliphatic rings. The highest BCUT2D eigenvalue weighted by Gasteiger charge is 2.21. The van der Waals surface area contributed by atoms with E-state index in [4.69, 9.17) is 16.3 Å². The number of carboxylic acids is 1.